The van der Waals surface area contributed by atoms with Gasteiger partial charge in [-0.25, -0.2) is 0 Å². The Hall–Kier alpha value is -1.49. The first-order chi connectivity index (χ1) is 8.88. The first-order valence-electron chi connectivity index (χ1n) is 6.03. The molecule has 102 valence electrons. The second-order valence-corrected chi connectivity index (χ2v) is 5.21. The third kappa shape index (κ3) is 1.75. The van der Waals surface area contributed by atoms with E-state index in [1.807, 2.05) is 0 Å². The molecule has 0 spiro atoms. The Labute approximate surface area is 108 Å². The summed E-state index contributed by atoms with van der Waals surface area (Å²) in [4.78, 5) is 0. The molecule has 0 aromatic heterocycles. The van der Waals surface area contributed by atoms with Gasteiger partial charge in [-0.3, -0.25) is 0 Å². The van der Waals surface area contributed by atoms with E-state index in [9.17, 15) is 18.3 Å². The van der Waals surface area contributed by atoms with Gasteiger partial charge < -0.3 is 9.84 Å². The molecule has 0 bridgehead atoms. The number of hydrogen-bond acceptors (Lipinski definition) is 2. The topological polar surface area (TPSA) is 29.5 Å². The zero-order valence-corrected chi connectivity index (χ0v) is 10.1. The van der Waals surface area contributed by atoms with Gasteiger partial charge in [0.05, 0.1) is 18.8 Å². The predicted molar refractivity (Wildman–Crippen MR) is 63.9 cm³/mol. The number of allylic oxidation sites excluding steroid dienone is 1. The minimum absolute atomic E-state index is 0.0372. The Bertz CT molecular complexity index is 550. The molecule has 1 aliphatic heterocycles. The molecule has 1 aromatic rings. The zero-order chi connectivity index (χ0) is 13.8. The molecule has 1 heterocycles. The standard InChI is InChI=1S/C14H13F3O2/c1-8(14(15,16)17)9-2-3-12-11(4-9)13(7-18)5-10(13)6-19-12/h2-4,10,18H,1,5-7H2. The maximum Gasteiger partial charge on any atom is 0.416 e. The first-order valence-corrected chi connectivity index (χ1v) is 6.03. The third-order valence-electron chi connectivity index (χ3n) is 4.16. The van der Waals surface area contributed by atoms with E-state index in [1.165, 1.54) is 18.2 Å². The third-order valence-corrected chi connectivity index (χ3v) is 4.16. The van der Waals surface area contributed by atoms with E-state index in [1.54, 1.807) is 0 Å². The van der Waals surface area contributed by atoms with Crippen LogP contribution in [0.1, 0.15) is 17.5 Å². The van der Waals surface area contributed by atoms with Crippen molar-refractivity contribution in [3.8, 4) is 5.75 Å². The van der Waals surface area contributed by atoms with Gasteiger partial charge in [-0.2, -0.15) is 13.2 Å². The lowest BCUT2D eigenvalue weighted by atomic mass is 9.89. The Kier molecular flexibility index (Phi) is 2.48. The van der Waals surface area contributed by atoms with Crippen LogP contribution in [0, 0.1) is 5.92 Å². The summed E-state index contributed by atoms with van der Waals surface area (Å²) in [6, 6.07) is 4.36. The van der Waals surface area contributed by atoms with Gasteiger partial charge in [0.15, 0.2) is 0 Å². The normalized spacial score (nSPS) is 28.1. The molecule has 0 radical (unpaired) electrons. The molecule has 2 unspecified atom stereocenters. The second kappa shape index (κ2) is 3.76. The molecule has 1 fully saturated rings. The lowest BCUT2D eigenvalue weighted by molar-refractivity contribution is -0.0686. The molecule has 0 amide bonds. The van der Waals surface area contributed by atoms with Gasteiger partial charge >= 0.3 is 6.18 Å². The van der Waals surface area contributed by atoms with Crippen molar-refractivity contribution in [2.45, 2.75) is 18.0 Å². The number of ether oxygens (including phenoxy) is 1. The fraction of sp³-hybridized carbons (Fsp3) is 0.429. The van der Waals surface area contributed by atoms with E-state index in [2.05, 4.69) is 6.58 Å². The van der Waals surface area contributed by atoms with E-state index in [4.69, 9.17) is 4.74 Å². The number of benzene rings is 1. The van der Waals surface area contributed by atoms with Crippen LogP contribution in [0.15, 0.2) is 24.8 Å². The van der Waals surface area contributed by atoms with E-state index in [0.29, 0.717) is 17.9 Å². The van der Waals surface area contributed by atoms with Crippen molar-refractivity contribution in [3.63, 3.8) is 0 Å². The van der Waals surface area contributed by atoms with Crippen LogP contribution in [0.3, 0.4) is 0 Å². The minimum atomic E-state index is -4.45. The predicted octanol–water partition coefficient (Wildman–Crippen LogP) is 2.90. The highest BCUT2D eigenvalue weighted by Crippen LogP contribution is 2.59. The SMILES string of the molecule is C=C(c1ccc2c(c1)C1(CO)CC1CO2)C(F)(F)F. The van der Waals surface area contributed by atoms with Gasteiger partial charge in [0, 0.05) is 16.9 Å². The Morgan fingerprint density at radius 2 is 2.21 bits per heavy atom. The summed E-state index contributed by atoms with van der Waals surface area (Å²) in [5.41, 5.74) is -0.564. The van der Waals surface area contributed by atoms with Crippen molar-refractivity contribution in [1.82, 2.24) is 0 Å². The van der Waals surface area contributed by atoms with Gasteiger partial charge in [0.25, 0.3) is 0 Å². The number of halogens is 3. The molecule has 1 N–H and O–H groups in total. The molecule has 1 aromatic carbocycles. The van der Waals surface area contributed by atoms with E-state index < -0.39 is 17.2 Å². The van der Waals surface area contributed by atoms with Crippen LogP contribution in [0.5, 0.6) is 5.75 Å². The average molecular weight is 270 g/mol. The summed E-state index contributed by atoms with van der Waals surface area (Å²) in [6.07, 6.45) is -3.68. The highest BCUT2D eigenvalue weighted by atomic mass is 19.4. The van der Waals surface area contributed by atoms with Crippen LogP contribution >= 0.6 is 0 Å². The summed E-state index contributed by atoms with van der Waals surface area (Å²) in [5.74, 6) is 0.779. The number of rotatable bonds is 2. The molecule has 3 rings (SSSR count). The lowest BCUT2D eigenvalue weighted by Gasteiger charge is -2.25. The monoisotopic (exact) mass is 270 g/mol. The van der Waals surface area contributed by atoms with Gasteiger partial charge in [-0.15, -0.1) is 0 Å². The maximum atomic E-state index is 12.7. The Balaban J connectivity index is 2.04. The number of aliphatic hydroxyl groups is 1. The molecule has 5 heteroatoms. The number of hydrogen-bond donors (Lipinski definition) is 1. The van der Waals surface area contributed by atoms with E-state index in [-0.39, 0.29) is 18.1 Å². The summed E-state index contributed by atoms with van der Waals surface area (Å²) in [7, 11) is 0. The van der Waals surface area contributed by atoms with Gasteiger partial charge in [0.1, 0.15) is 5.75 Å². The maximum absolute atomic E-state index is 12.7. The fourth-order valence-corrected chi connectivity index (χ4v) is 2.79. The molecule has 1 aliphatic carbocycles. The van der Waals surface area contributed by atoms with Crippen LogP contribution in [-0.4, -0.2) is 24.5 Å². The molecule has 19 heavy (non-hydrogen) atoms. The summed E-state index contributed by atoms with van der Waals surface area (Å²) < 4.78 is 43.5. The van der Waals surface area contributed by atoms with E-state index >= 15 is 0 Å². The highest BCUT2D eigenvalue weighted by molar-refractivity contribution is 5.70. The molecule has 0 saturated heterocycles. The molecule has 1 saturated carbocycles. The number of alkyl halides is 3. The number of fused-ring (bicyclic) bond motifs is 3. The van der Waals surface area contributed by atoms with Gasteiger partial charge in [0.2, 0.25) is 0 Å². The van der Waals surface area contributed by atoms with Crippen LogP contribution in [0.4, 0.5) is 13.2 Å². The number of aliphatic hydroxyl groups excluding tert-OH is 1. The lowest BCUT2D eigenvalue weighted by Crippen LogP contribution is -2.24. The first kappa shape index (κ1) is 12.5. The second-order valence-electron chi connectivity index (χ2n) is 5.21. The summed E-state index contributed by atoms with van der Waals surface area (Å²) in [5, 5.41) is 9.53. The van der Waals surface area contributed by atoms with Crippen molar-refractivity contribution >= 4 is 5.57 Å². The average Bonchev–Trinajstić information content (AvgIpc) is 3.11. The van der Waals surface area contributed by atoms with Crippen molar-refractivity contribution in [2.24, 2.45) is 5.92 Å². The van der Waals surface area contributed by atoms with Crippen molar-refractivity contribution in [2.75, 3.05) is 13.2 Å². The Morgan fingerprint density at radius 1 is 1.47 bits per heavy atom. The largest absolute Gasteiger partial charge is 0.493 e. The molecule has 2 aliphatic rings. The molecule has 2 atom stereocenters. The van der Waals surface area contributed by atoms with E-state index in [0.717, 1.165) is 6.42 Å². The van der Waals surface area contributed by atoms with Crippen molar-refractivity contribution in [1.29, 1.82) is 0 Å². The molecular weight excluding hydrogens is 257 g/mol. The Morgan fingerprint density at radius 3 is 2.84 bits per heavy atom. The van der Waals surface area contributed by atoms with Crippen molar-refractivity contribution < 1.29 is 23.0 Å². The van der Waals surface area contributed by atoms with Gasteiger partial charge in [-0.1, -0.05) is 12.6 Å². The quantitative estimate of drug-likeness (QED) is 0.895. The zero-order valence-electron chi connectivity index (χ0n) is 10.1. The van der Waals surface area contributed by atoms with Crippen LogP contribution in [0.25, 0.3) is 5.57 Å². The summed E-state index contributed by atoms with van der Waals surface area (Å²) in [6.45, 7) is 3.57. The van der Waals surface area contributed by atoms with Crippen LogP contribution in [0.2, 0.25) is 0 Å². The summed E-state index contributed by atoms with van der Waals surface area (Å²) >= 11 is 0. The van der Waals surface area contributed by atoms with Crippen LogP contribution in [-0.2, 0) is 5.41 Å². The smallest absolute Gasteiger partial charge is 0.416 e. The fourth-order valence-electron chi connectivity index (χ4n) is 2.79. The molecule has 2 nitrogen and oxygen atoms in total. The van der Waals surface area contributed by atoms with Gasteiger partial charge in [-0.05, 0) is 24.1 Å². The highest BCUT2D eigenvalue weighted by Gasteiger charge is 2.58. The minimum Gasteiger partial charge on any atom is -0.493 e. The molecular formula is C14H13F3O2. The van der Waals surface area contributed by atoms with Crippen molar-refractivity contribution in [3.05, 3.63) is 35.9 Å². The van der Waals surface area contributed by atoms with Crippen LogP contribution < -0.4 is 4.74 Å².